The fourth-order valence-electron chi connectivity index (χ4n) is 9.47. The van der Waals surface area contributed by atoms with E-state index in [0.29, 0.717) is 0 Å². The van der Waals surface area contributed by atoms with Crippen LogP contribution < -0.4 is 0 Å². The van der Waals surface area contributed by atoms with Crippen molar-refractivity contribution in [3.05, 3.63) is 180 Å². The van der Waals surface area contributed by atoms with Gasteiger partial charge in [-0.15, -0.1) is 0 Å². The average molecular weight is 779 g/mol. The van der Waals surface area contributed by atoms with Crippen LogP contribution in [0.4, 0.5) is 0 Å². The number of hydrogen-bond acceptors (Lipinski definition) is 2. The highest BCUT2D eigenvalue weighted by Crippen LogP contribution is 2.41. The zero-order valence-electron chi connectivity index (χ0n) is 35.8. The standard InChI is InChI=1S/C56H50N4/c1-35-29-37(33-57-53(35)45-31-39(25-27-47(45)55(3,4)5)59-49-21-13-9-17-41(49)42-18-10-14-22-50(42)59)38-30-36(2)54(58-34-38)46-32-40(26-28-48(46)56(6,7)8)60-51-23-15-11-19-43(51)44-20-12-16-24-52(44)60/h9-34H,1-8H3. The molecule has 0 atom stereocenters. The highest BCUT2D eigenvalue weighted by Gasteiger charge is 2.25. The number of hydrogen-bond donors (Lipinski definition) is 0. The molecule has 0 amide bonds. The van der Waals surface area contributed by atoms with Crippen molar-refractivity contribution in [3.63, 3.8) is 0 Å². The molecule has 10 rings (SSSR count). The van der Waals surface area contributed by atoms with E-state index in [-0.39, 0.29) is 10.8 Å². The number of para-hydroxylation sites is 4. The Hall–Kier alpha value is -6.78. The molecule has 0 bridgehead atoms. The molecule has 4 heteroatoms. The van der Waals surface area contributed by atoms with Gasteiger partial charge in [-0.25, -0.2) is 0 Å². The third-order valence-corrected chi connectivity index (χ3v) is 12.3. The molecule has 0 spiro atoms. The first kappa shape index (κ1) is 37.5. The number of rotatable bonds is 5. The van der Waals surface area contributed by atoms with Gasteiger partial charge in [-0.2, -0.15) is 0 Å². The molecule has 4 heterocycles. The lowest BCUT2D eigenvalue weighted by Gasteiger charge is -2.25. The summed E-state index contributed by atoms with van der Waals surface area (Å²) in [6, 6.07) is 53.2. The second kappa shape index (κ2) is 13.9. The predicted molar refractivity (Wildman–Crippen MR) is 254 cm³/mol. The van der Waals surface area contributed by atoms with Gasteiger partial charge in [0, 0.05) is 67.6 Å². The van der Waals surface area contributed by atoms with E-state index >= 15 is 0 Å². The van der Waals surface area contributed by atoms with Crippen LogP contribution >= 0.6 is 0 Å². The molecule has 0 saturated carbocycles. The molecular formula is C56H50N4. The second-order valence-electron chi connectivity index (χ2n) is 18.5. The summed E-state index contributed by atoms with van der Waals surface area (Å²) in [5.74, 6) is 0. The zero-order valence-corrected chi connectivity index (χ0v) is 35.8. The van der Waals surface area contributed by atoms with Crippen molar-refractivity contribution in [2.45, 2.75) is 66.2 Å². The molecule has 0 radical (unpaired) electrons. The number of nitrogens with zero attached hydrogens (tertiary/aromatic N) is 4. The predicted octanol–water partition coefficient (Wildman–Crippen LogP) is 14.9. The lowest BCUT2D eigenvalue weighted by molar-refractivity contribution is 0.591. The van der Waals surface area contributed by atoms with Gasteiger partial charge in [-0.1, -0.05) is 126 Å². The van der Waals surface area contributed by atoms with Crippen molar-refractivity contribution in [2.24, 2.45) is 0 Å². The van der Waals surface area contributed by atoms with Crippen molar-refractivity contribution < 1.29 is 0 Å². The summed E-state index contributed by atoms with van der Waals surface area (Å²) in [4.78, 5) is 10.5. The second-order valence-corrected chi connectivity index (χ2v) is 18.5. The molecule has 0 saturated heterocycles. The topological polar surface area (TPSA) is 35.6 Å². The van der Waals surface area contributed by atoms with E-state index in [4.69, 9.17) is 9.97 Å². The lowest BCUT2D eigenvalue weighted by Crippen LogP contribution is -2.14. The van der Waals surface area contributed by atoms with Crippen LogP contribution in [0.15, 0.2) is 158 Å². The van der Waals surface area contributed by atoms with Crippen LogP contribution in [0.1, 0.15) is 63.8 Å². The first-order valence-electron chi connectivity index (χ1n) is 21.1. The number of aryl methyl sites for hydroxylation is 2. The Morgan fingerprint density at radius 3 is 1.00 bits per heavy atom. The van der Waals surface area contributed by atoms with Gasteiger partial charge in [0.05, 0.1) is 33.5 Å². The van der Waals surface area contributed by atoms with Gasteiger partial charge >= 0.3 is 0 Å². The first-order chi connectivity index (χ1) is 28.9. The summed E-state index contributed by atoms with van der Waals surface area (Å²) >= 11 is 0. The molecule has 0 aliphatic heterocycles. The Morgan fingerprint density at radius 2 is 0.700 bits per heavy atom. The molecule has 4 nitrogen and oxygen atoms in total. The third-order valence-electron chi connectivity index (χ3n) is 12.3. The van der Waals surface area contributed by atoms with Crippen molar-refractivity contribution in [2.75, 3.05) is 0 Å². The number of aromatic nitrogens is 4. The smallest absolute Gasteiger partial charge is 0.0735 e. The summed E-state index contributed by atoms with van der Waals surface area (Å²) in [5.41, 5.74) is 18.2. The zero-order chi connectivity index (χ0) is 41.5. The largest absolute Gasteiger partial charge is 0.309 e. The van der Waals surface area contributed by atoms with E-state index in [1.807, 2.05) is 12.4 Å². The monoisotopic (exact) mass is 778 g/mol. The Bertz CT molecular complexity index is 2980. The van der Waals surface area contributed by atoms with Gasteiger partial charge < -0.3 is 9.13 Å². The van der Waals surface area contributed by atoms with E-state index < -0.39 is 0 Å². The molecule has 0 aliphatic rings. The SMILES string of the molecule is Cc1cc(-c2cnc(-c3cc(-n4c5ccccc5c5ccccc54)ccc3C(C)(C)C)c(C)c2)cnc1-c1cc(-n2c3ccccc3c3ccccc32)ccc1C(C)(C)C. The quantitative estimate of drug-likeness (QED) is 0.174. The summed E-state index contributed by atoms with van der Waals surface area (Å²) in [6.45, 7) is 18.1. The normalized spacial score (nSPS) is 12.3. The maximum atomic E-state index is 5.25. The minimum atomic E-state index is -0.0803. The number of benzene rings is 6. The highest BCUT2D eigenvalue weighted by atomic mass is 15.0. The Labute approximate surface area is 352 Å². The summed E-state index contributed by atoms with van der Waals surface area (Å²) in [5, 5.41) is 5.03. The van der Waals surface area contributed by atoms with Gasteiger partial charge in [0.2, 0.25) is 0 Å². The molecule has 294 valence electrons. The van der Waals surface area contributed by atoms with Crippen LogP contribution in [-0.2, 0) is 10.8 Å². The van der Waals surface area contributed by atoms with Crippen LogP contribution in [0, 0.1) is 13.8 Å². The molecule has 0 unspecified atom stereocenters. The molecule has 0 N–H and O–H groups in total. The number of fused-ring (bicyclic) bond motifs is 6. The van der Waals surface area contributed by atoms with Crippen molar-refractivity contribution in [1.29, 1.82) is 0 Å². The molecule has 4 aromatic heterocycles. The van der Waals surface area contributed by atoms with Crippen molar-refractivity contribution in [1.82, 2.24) is 19.1 Å². The van der Waals surface area contributed by atoms with E-state index in [1.54, 1.807) is 0 Å². The van der Waals surface area contributed by atoms with Gasteiger partial charge in [-0.05, 0) is 108 Å². The van der Waals surface area contributed by atoms with E-state index in [9.17, 15) is 0 Å². The van der Waals surface area contributed by atoms with Gasteiger partial charge in [-0.3, -0.25) is 9.97 Å². The van der Waals surface area contributed by atoms with Gasteiger partial charge in [0.15, 0.2) is 0 Å². The molecule has 0 fully saturated rings. The minimum Gasteiger partial charge on any atom is -0.309 e. The van der Waals surface area contributed by atoms with E-state index in [1.165, 1.54) is 54.7 Å². The minimum absolute atomic E-state index is 0.0803. The van der Waals surface area contributed by atoms with Crippen LogP contribution in [0.5, 0.6) is 0 Å². The molecule has 10 aromatic rings. The van der Waals surface area contributed by atoms with E-state index in [2.05, 4.69) is 210 Å². The molecule has 0 aliphatic carbocycles. The van der Waals surface area contributed by atoms with Crippen LogP contribution in [0.2, 0.25) is 0 Å². The Kier molecular flexibility index (Phi) is 8.69. The molecule has 60 heavy (non-hydrogen) atoms. The fourth-order valence-corrected chi connectivity index (χ4v) is 9.47. The van der Waals surface area contributed by atoms with Crippen LogP contribution in [-0.4, -0.2) is 19.1 Å². The first-order valence-corrected chi connectivity index (χ1v) is 21.1. The summed E-state index contributed by atoms with van der Waals surface area (Å²) in [6.07, 6.45) is 4.06. The molecule has 6 aromatic carbocycles. The van der Waals surface area contributed by atoms with Gasteiger partial charge in [0.1, 0.15) is 0 Å². The lowest BCUT2D eigenvalue weighted by atomic mass is 9.81. The van der Waals surface area contributed by atoms with Crippen LogP contribution in [0.3, 0.4) is 0 Å². The Morgan fingerprint density at radius 1 is 0.383 bits per heavy atom. The average Bonchev–Trinajstić information content (AvgIpc) is 3.76. The summed E-state index contributed by atoms with van der Waals surface area (Å²) < 4.78 is 4.79. The van der Waals surface area contributed by atoms with Crippen molar-refractivity contribution >= 4 is 43.6 Å². The van der Waals surface area contributed by atoms with E-state index in [0.717, 1.165) is 56.1 Å². The van der Waals surface area contributed by atoms with Crippen molar-refractivity contribution in [3.8, 4) is 45.0 Å². The van der Waals surface area contributed by atoms with Gasteiger partial charge in [0.25, 0.3) is 0 Å². The highest BCUT2D eigenvalue weighted by molar-refractivity contribution is 6.10. The Balaban J connectivity index is 1.06. The third kappa shape index (κ3) is 6.13. The maximum Gasteiger partial charge on any atom is 0.0735 e. The molecular weight excluding hydrogens is 729 g/mol. The number of pyridine rings is 2. The fraction of sp³-hybridized carbons (Fsp3) is 0.179. The maximum absolute atomic E-state index is 5.25. The van der Waals surface area contributed by atoms with Crippen LogP contribution in [0.25, 0.3) is 88.6 Å². The summed E-state index contributed by atoms with van der Waals surface area (Å²) in [7, 11) is 0.